The molecule has 0 heterocycles. The van der Waals surface area contributed by atoms with Crippen LogP contribution in [0.1, 0.15) is 33.1 Å². The number of amidine groups is 1. The molecule has 1 amide bonds. The van der Waals surface area contributed by atoms with Gasteiger partial charge in [-0.25, -0.2) is 0 Å². The Balaban J connectivity index is 4.32. The van der Waals surface area contributed by atoms with Gasteiger partial charge in [0.15, 0.2) is 5.84 Å². The summed E-state index contributed by atoms with van der Waals surface area (Å²) in [6.45, 7) is 4.43. The SMILES string of the molecule is CCCC(C(=O)NC(C)CCOC)C(N)=NO. The zero-order chi connectivity index (χ0) is 13.3. The second kappa shape index (κ2) is 8.81. The molecular weight excluding hydrogens is 222 g/mol. The van der Waals surface area contributed by atoms with Crippen molar-refractivity contribution in [2.45, 2.75) is 39.2 Å². The van der Waals surface area contributed by atoms with Crippen molar-refractivity contribution in [3.63, 3.8) is 0 Å². The fraction of sp³-hybridized carbons (Fsp3) is 0.818. The van der Waals surface area contributed by atoms with Crippen LogP contribution in [0, 0.1) is 5.92 Å². The van der Waals surface area contributed by atoms with Gasteiger partial charge >= 0.3 is 0 Å². The molecule has 0 saturated heterocycles. The molecule has 2 atom stereocenters. The fourth-order valence-electron chi connectivity index (χ4n) is 1.48. The van der Waals surface area contributed by atoms with Crippen LogP contribution in [0.4, 0.5) is 0 Å². The number of nitrogens with one attached hydrogen (secondary N) is 1. The van der Waals surface area contributed by atoms with Crippen LogP contribution in [-0.2, 0) is 9.53 Å². The minimum Gasteiger partial charge on any atom is -0.409 e. The summed E-state index contributed by atoms with van der Waals surface area (Å²) < 4.78 is 4.93. The Labute approximate surface area is 102 Å². The molecular formula is C11H23N3O3. The number of amides is 1. The van der Waals surface area contributed by atoms with Crippen LogP contribution in [0.3, 0.4) is 0 Å². The van der Waals surface area contributed by atoms with E-state index in [2.05, 4.69) is 10.5 Å². The number of nitrogens with zero attached hydrogens (tertiary/aromatic N) is 1. The van der Waals surface area contributed by atoms with Crippen LogP contribution in [0.15, 0.2) is 5.16 Å². The van der Waals surface area contributed by atoms with Gasteiger partial charge < -0.3 is 21.0 Å². The van der Waals surface area contributed by atoms with Crippen LogP contribution < -0.4 is 11.1 Å². The van der Waals surface area contributed by atoms with E-state index in [1.165, 1.54) is 0 Å². The Bertz CT molecular complexity index is 256. The first-order valence-electron chi connectivity index (χ1n) is 5.83. The molecule has 0 radical (unpaired) electrons. The molecule has 6 heteroatoms. The highest BCUT2D eigenvalue weighted by molar-refractivity contribution is 6.02. The van der Waals surface area contributed by atoms with Crippen molar-refractivity contribution >= 4 is 11.7 Å². The van der Waals surface area contributed by atoms with Gasteiger partial charge in [0.05, 0.1) is 5.92 Å². The lowest BCUT2D eigenvalue weighted by atomic mass is 10.0. The highest BCUT2D eigenvalue weighted by atomic mass is 16.5. The molecule has 0 spiro atoms. The lowest BCUT2D eigenvalue weighted by Crippen LogP contribution is -2.43. The number of ether oxygens (including phenoxy) is 1. The lowest BCUT2D eigenvalue weighted by Gasteiger charge is -2.18. The molecule has 0 rings (SSSR count). The summed E-state index contributed by atoms with van der Waals surface area (Å²) >= 11 is 0. The summed E-state index contributed by atoms with van der Waals surface area (Å²) in [5.41, 5.74) is 5.49. The molecule has 0 aromatic rings. The summed E-state index contributed by atoms with van der Waals surface area (Å²) in [6.07, 6.45) is 2.09. The van der Waals surface area contributed by atoms with E-state index < -0.39 is 5.92 Å². The molecule has 0 aliphatic rings. The maximum Gasteiger partial charge on any atom is 0.231 e. The normalized spacial score (nSPS) is 15.4. The highest BCUT2D eigenvalue weighted by Crippen LogP contribution is 2.07. The van der Waals surface area contributed by atoms with E-state index in [1.807, 2.05) is 13.8 Å². The van der Waals surface area contributed by atoms with Gasteiger partial charge in [0.2, 0.25) is 5.91 Å². The molecule has 0 bridgehead atoms. The van der Waals surface area contributed by atoms with Crippen LogP contribution in [0.25, 0.3) is 0 Å². The molecule has 0 aliphatic heterocycles. The van der Waals surface area contributed by atoms with Gasteiger partial charge in [-0.05, 0) is 19.8 Å². The quantitative estimate of drug-likeness (QED) is 0.254. The van der Waals surface area contributed by atoms with Gasteiger partial charge in [-0.2, -0.15) is 0 Å². The van der Waals surface area contributed by atoms with E-state index in [0.29, 0.717) is 13.0 Å². The van der Waals surface area contributed by atoms with E-state index >= 15 is 0 Å². The van der Waals surface area contributed by atoms with Gasteiger partial charge in [0, 0.05) is 19.8 Å². The Morgan fingerprint density at radius 3 is 2.65 bits per heavy atom. The highest BCUT2D eigenvalue weighted by Gasteiger charge is 2.23. The molecule has 2 unspecified atom stereocenters. The molecule has 100 valence electrons. The Hall–Kier alpha value is -1.30. The van der Waals surface area contributed by atoms with Gasteiger partial charge in [-0.15, -0.1) is 0 Å². The van der Waals surface area contributed by atoms with E-state index in [-0.39, 0.29) is 17.8 Å². The first kappa shape index (κ1) is 15.7. The molecule has 0 aromatic carbocycles. The zero-order valence-electron chi connectivity index (χ0n) is 10.8. The lowest BCUT2D eigenvalue weighted by molar-refractivity contribution is -0.124. The minimum absolute atomic E-state index is 0.00768. The molecule has 17 heavy (non-hydrogen) atoms. The van der Waals surface area contributed by atoms with Crippen LogP contribution >= 0.6 is 0 Å². The summed E-state index contributed by atoms with van der Waals surface area (Å²) in [5.74, 6) is -0.802. The average Bonchev–Trinajstić information content (AvgIpc) is 2.32. The van der Waals surface area contributed by atoms with Gasteiger partial charge in [-0.1, -0.05) is 18.5 Å². The largest absolute Gasteiger partial charge is 0.409 e. The fourth-order valence-corrected chi connectivity index (χ4v) is 1.48. The van der Waals surface area contributed by atoms with Gasteiger partial charge in [-0.3, -0.25) is 4.79 Å². The maximum atomic E-state index is 11.9. The third-order valence-corrected chi connectivity index (χ3v) is 2.51. The summed E-state index contributed by atoms with van der Waals surface area (Å²) in [7, 11) is 1.62. The third-order valence-electron chi connectivity index (χ3n) is 2.51. The van der Waals surface area contributed by atoms with Crippen molar-refractivity contribution in [2.75, 3.05) is 13.7 Å². The Kier molecular flexibility index (Phi) is 8.13. The predicted molar refractivity (Wildman–Crippen MR) is 65.9 cm³/mol. The third kappa shape index (κ3) is 6.11. The van der Waals surface area contributed by atoms with Gasteiger partial charge in [0.1, 0.15) is 0 Å². The van der Waals surface area contributed by atoms with Crippen molar-refractivity contribution in [2.24, 2.45) is 16.8 Å². The molecule has 0 aliphatic carbocycles. The number of hydrogen-bond donors (Lipinski definition) is 3. The number of hydrogen-bond acceptors (Lipinski definition) is 4. The van der Waals surface area contributed by atoms with Crippen LogP contribution in [-0.4, -0.2) is 36.7 Å². The molecule has 0 fully saturated rings. The number of rotatable bonds is 8. The van der Waals surface area contributed by atoms with Crippen LogP contribution in [0.5, 0.6) is 0 Å². The van der Waals surface area contributed by atoms with E-state index in [1.54, 1.807) is 7.11 Å². The topological polar surface area (TPSA) is 96.9 Å². The second-order valence-electron chi connectivity index (χ2n) is 4.06. The number of carbonyl (C=O) groups is 1. The van der Waals surface area contributed by atoms with E-state index in [4.69, 9.17) is 15.7 Å². The molecule has 0 saturated carbocycles. The Morgan fingerprint density at radius 2 is 2.18 bits per heavy atom. The minimum atomic E-state index is -0.560. The number of nitrogens with two attached hydrogens (primary N) is 1. The maximum absolute atomic E-state index is 11.9. The average molecular weight is 245 g/mol. The first-order chi connectivity index (χ1) is 8.06. The standard InChI is InChI=1S/C11H23N3O3/c1-4-5-9(10(12)14-16)11(15)13-8(2)6-7-17-3/h8-9,16H,4-7H2,1-3H3,(H2,12,14)(H,13,15). The molecule has 0 aromatic heterocycles. The van der Waals surface area contributed by atoms with Crippen molar-refractivity contribution in [1.29, 1.82) is 0 Å². The number of oxime groups is 1. The van der Waals surface area contributed by atoms with Crippen LogP contribution in [0.2, 0.25) is 0 Å². The zero-order valence-corrected chi connectivity index (χ0v) is 10.8. The number of carbonyl (C=O) groups excluding carboxylic acids is 1. The molecule has 4 N–H and O–H groups in total. The van der Waals surface area contributed by atoms with E-state index in [9.17, 15) is 4.79 Å². The second-order valence-corrected chi connectivity index (χ2v) is 4.06. The monoisotopic (exact) mass is 245 g/mol. The molecule has 6 nitrogen and oxygen atoms in total. The van der Waals surface area contributed by atoms with Crippen molar-refractivity contribution in [3.05, 3.63) is 0 Å². The smallest absolute Gasteiger partial charge is 0.231 e. The Morgan fingerprint density at radius 1 is 1.53 bits per heavy atom. The van der Waals surface area contributed by atoms with E-state index in [0.717, 1.165) is 12.8 Å². The van der Waals surface area contributed by atoms with Crippen molar-refractivity contribution < 1.29 is 14.7 Å². The summed E-state index contributed by atoms with van der Waals surface area (Å²) in [4.78, 5) is 11.9. The predicted octanol–water partition coefficient (Wildman–Crippen LogP) is 0.690. The number of methoxy groups -OCH3 is 1. The first-order valence-corrected chi connectivity index (χ1v) is 5.83. The van der Waals surface area contributed by atoms with Crippen molar-refractivity contribution in [3.8, 4) is 0 Å². The summed E-state index contributed by atoms with van der Waals surface area (Å²) in [5, 5.41) is 14.4. The van der Waals surface area contributed by atoms with Crippen molar-refractivity contribution in [1.82, 2.24) is 5.32 Å². The van der Waals surface area contributed by atoms with Gasteiger partial charge in [0.25, 0.3) is 0 Å². The summed E-state index contributed by atoms with van der Waals surface area (Å²) in [6, 6.07) is 0.00768.